The van der Waals surface area contributed by atoms with Gasteiger partial charge in [-0.2, -0.15) is 0 Å². The molecule has 2 heteroatoms. The maximum Gasteiger partial charge on any atom is 0.104 e. The van der Waals surface area contributed by atoms with Gasteiger partial charge in [-0.3, -0.25) is 0 Å². The summed E-state index contributed by atoms with van der Waals surface area (Å²) in [5, 5.41) is 0. The fourth-order valence-electron chi connectivity index (χ4n) is 2.71. The first-order chi connectivity index (χ1) is 11.5. The van der Waals surface area contributed by atoms with E-state index >= 15 is 0 Å². The third kappa shape index (κ3) is 17.8. The van der Waals surface area contributed by atoms with E-state index in [0.717, 1.165) is 16.9 Å². The number of hydrogen-bond acceptors (Lipinski definition) is 0. The van der Waals surface area contributed by atoms with E-state index in [1.807, 2.05) is 0 Å². The molecule has 0 atom stereocenters. The van der Waals surface area contributed by atoms with Crippen molar-refractivity contribution in [2.75, 3.05) is 27.0 Å². The Hall–Kier alpha value is -0.530. The molecule has 1 rings (SSSR count). The summed E-state index contributed by atoms with van der Waals surface area (Å²) in [4.78, 5) is 0. The summed E-state index contributed by atoms with van der Waals surface area (Å²) in [6.45, 7) is 3.37. The van der Waals surface area contributed by atoms with E-state index in [4.69, 9.17) is 11.6 Å². The summed E-state index contributed by atoms with van der Waals surface area (Å²) >= 11 is 5.60. The van der Waals surface area contributed by atoms with Crippen molar-refractivity contribution in [1.29, 1.82) is 0 Å². The molecule has 1 aromatic rings. The summed E-state index contributed by atoms with van der Waals surface area (Å²) in [5.41, 5.74) is 1.40. The summed E-state index contributed by atoms with van der Waals surface area (Å²) in [6.07, 6.45) is 13.9. The van der Waals surface area contributed by atoms with Gasteiger partial charge in [-0.15, -0.1) is 11.6 Å². The lowest BCUT2D eigenvalue weighted by atomic mass is 10.1. The number of nitrogens with zero attached hydrogens (tertiary/aromatic N) is 1. The largest absolute Gasteiger partial charge is 0.327 e. The first-order valence-electron chi connectivity index (χ1n) is 9.90. The molecule has 0 unspecified atom stereocenters. The molecule has 0 N–H and O–H groups in total. The number of halogens is 1. The second kappa shape index (κ2) is 16.0. The maximum absolute atomic E-state index is 5.60. The van der Waals surface area contributed by atoms with Gasteiger partial charge < -0.3 is 4.48 Å². The number of rotatable bonds is 12. The van der Waals surface area contributed by atoms with Crippen LogP contribution in [-0.2, 0) is 6.54 Å². The van der Waals surface area contributed by atoms with Crippen molar-refractivity contribution in [3.05, 3.63) is 35.9 Å². The lowest BCUT2D eigenvalue weighted by Gasteiger charge is -2.23. The minimum absolute atomic E-state index is 0.844. The van der Waals surface area contributed by atoms with E-state index in [-0.39, 0.29) is 0 Å². The standard InChI is InChI=1S/C12H25Cl.C10H16N/c1-2-3-4-5-6-7-8-9-10-11-12-13;1-11(2,3)9-10-7-5-4-6-8-10/h2-12H2,1H3;4-8H,9H2,1-3H3/q;+1. The molecule has 1 aromatic carbocycles. The first-order valence-corrected chi connectivity index (χ1v) is 10.4. The number of benzene rings is 1. The molecule has 0 fully saturated rings. The Kier molecular flexibility index (Phi) is 15.6. The Balaban J connectivity index is 0.000000446. The summed E-state index contributed by atoms with van der Waals surface area (Å²) in [7, 11) is 6.60. The van der Waals surface area contributed by atoms with Crippen LogP contribution in [0.5, 0.6) is 0 Å². The van der Waals surface area contributed by atoms with Crippen molar-refractivity contribution in [3.63, 3.8) is 0 Å². The second-order valence-electron chi connectivity index (χ2n) is 7.80. The SMILES string of the molecule is CCCCCCCCCCCCCl.C[N+](C)(C)Cc1ccccc1. The molecule has 0 aromatic heterocycles. The molecule has 0 saturated carbocycles. The van der Waals surface area contributed by atoms with Crippen LogP contribution in [0, 0.1) is 0 Å². The van der Waals surface area contributed by atoms with Crippen LogP contribution in [0.1, 0.15) is 76.7 Å². The third-order valence-corrected chi connectivity index (χ3v) is 4.25. The molecule has 0 bridgehead atoms. The van der Waals surface area contributed by atoms with Gasteiger partial charge in [-0.25, -0.2) is 0 Å². The molecular formula is C22H41ClN+. The predicted octanol–water partition coefficient (Wildman–Crippen LogP) is 7.04. The fraction of sp³-hybridized carbons (Fsp3) is 0.727. The molecule has 0 aliphatic carbocycles. The van der Waals surface area contributed by atoms with E-state index in [1.165, 1.54) is 69.8 Å². The zero-order valence-corrected chi connectivity index (χ0v) is 17.5. The van der Waals surface area contributed by atoms with Crippen LogP contribution < -0.4 is 0 Å². The average molecular weight is 355 g/mol. The Morgan fingerprint density at radius 3 is 1.58 bits per heavy atom. The monoisotopic (exact) mass is 354 g/mol. The molecule has 0 radical (unpaired) electrons. The van der Waals surface area contributed by atoms with Gasteiger partial charge in [-0.1, -0.05) is 95.0 Å². The van der Waals surface area contributed by atoms with Crippen molar-refractivity contribution < 1.29 is 4.48 Å². The molecular weight excluding hydrogens is 314 g/mol. The zero-order chi connectivity index (χ0) is 18.1. The Morgan fingerprint density at radius 1 is 0.708 bits per heavy atom. The highest BCUT2D eigenvalue weighted by Gasteiger charge is 2.06. The lowest BCUT2D eigenvalue weighted by Crippen LogP contribution is -2.33. The minimum atomic E-state index is 0.844. The van der Waals surface area contributed by atoms with E-state index in [1.54, 1.807) is 0 Å². The molecule has 0 aliphatic heterocycles. The molecule has 24 heavy (non-hydrogen) atoms. The molecule has 0 aliphatic rings. The Labute approximate surface area is 157 Å². The first kappa shape index (κ1) is 23.5. The highest BCUT2D eigenvalue weighted by Crippen LogP contribution is 2.10. The third-order valence-electron chi connectivity index (χ3n) is 3.99. The van der Waals surface area contributed by atoms with Gasteiger partial charge in [0.1, 0.15) is 6.54 Å². The minimum Gasteiger partial charge on any atom is -0.327 e. The van der Waals surface area contributed by atoms with Crippen LogP contribution in [0.3, 0.4) is 0 Å². The van der Waals surface area contributed by atoms with Crippen LogP contribution >= 0.6 is 11.6 Å². The van der Waals surface area contributed by atoms with Gasteiger partial charge in [-0.05, 0) is 6.42 Å². The van der Waals surface area contributed by atoms with Gasteiger partial charge in [0.25, 0.3) is 0 Å². The van der Waals surface area contributed by atoms with E-state index in [0.29, 0.717) is 0 Å². The van der Waals surface area contributed by atoms with Gasteiger partial charge in [0.2, 0.25) is 0 Å². The topological polar surface area (TPSA) is 0 Å². The van der Waals surface area contributed by atoms with Crippen molar-refractivity contribution >= 4 is 11.6 Å². The quantitative estimate of drug-likeness (QED) is 0.214. The van der Waals surface area contributed by atoms with Crippen LogP contribution in [0.4, 0.5) is 0 Å². The Morgan fingerprint density at radius 2 is 1.17 bits per heavy atom. The lowest BCUT2D eigenvalue weighted by molar-refractivity contribution is -0.884. The van der Waals surface area contributed by atoms with Crippen molar-refractivity contribution in [2.45, 2.75) is 77.7 Å². The smallest absolute Gasteiger partial charge is 0.104 e. The summed E-state index contributed by atoms with van der Waals surface area (Å²) in [5.74, 6) is 0.844. The van der Waals surface area contributed by atoms with Gasteiger partial charge >= 0.3 is 0 Å². The molecule has 0 saturated heterocycles. The summed E-state index contributed by atoms with van der Waals surface area (Å²) < 4.78 is 0.990. The van der Waals surface area contributed by atoms with E-state index < -0.39 is 0 Å². The van der Waals surface area contributed by atoms with E-state index in [2.05, 4.69) is 58.4 Å². The van der Waals surface area contributed by atoms with Gasteiger partial charge in [0.05, 0.1) is 21.1 Å². The van der Waals surface area contributed by atoms with Gasteiger partial charge in [0.15, 0.2) is 0 Å². The highest BCUT2D eigenvalue weighted by atomic mass is 35.5. The van der Waals surface area contributed by atoms with Crippen molar-refractivity contribution in [1.82, 2.24) is 0 Å². The van der Waals surface area contributed by atoms with Crippen LogP contribution in [0.25, 0.3) is 0 Å². The molecule has 1 nitrogen and oxygen atoms in total. The fourth-order valence-corrected chi connectivity index (χ4v) is 2.90. The van der Waals surface area contributed by atoms with Crippen LogP contribution in [0.15, 0.2) is 30.3 Å². The van der Waals surface area contributed by atoms with Gasteiger partial charge in [0, 0.05) is 11.4 Å². The Bertz CT molecular complexity index is 346. The number of unbranched alkanes of at least 4 members (excludes halogenated alkanes) is 9. The second-order valence-corrected chi connectivity index (χ2v) is 8.18. The van der Waals surface area contributed by atoms with Crippen molar-refractivity contribution in [2.24, 2.45) is 0 Å². The molecule has 140 valence electrons. The number of hydrogen-bond donors (Lipinski definition) is 0. The van der Waals surface area contributed by atoms with E-state index in [9.17, 15) is 0 Å². The van der Waals surface area contributed by atoms with Crippen LogP contribution in [0.2, 0.25) is 0 Å². The molecule has 0 heterocycles. The molecule has 0 amide bonds. The molecule has 0 spiro atoms. The number of alkyl halides is 1. The number of quaternary nitrogens is 1. The maximum atomic E-state index is 5.60. The zero-order valence-electron chi connectivity index (χ0n) is 16.7. The summed E-state index contributed by atoms with van der Waals surface area (Å²) in [6, 6.07) is 10.6. The van der Waals surface area contributed by atoms with Crippen LogP contribution in [-0.4, -0.2) is 31.5 Å². The predicted molar refractivity (Wildman–Crippen MR) is 111 cm³/mol. The average Bonchev–Trinajstić information content (AvgIpc) is 2.53. The van der Waals surface area contributed by atoms with Crippen molar-refractivity contribution in [3.8, 4) is 0 Å². The normalized spacial score (nSPS) is 11.0. The highest BCUT2D eigenvalue weighted by molar-refractivity contribution is 6.17.